The maximum Gasteiger partial charge on any atom is 0.222 e. The summed E-state index contributed by atoms with van der Waals surface area (Å²) in [7, 11) is 0. The lowest BCUT2D eigenvalue weighted by molar-refractivity contribution is -0.122. The van der Waals surface area contributed by atoms with Crippen LogP contribution in [0.4, 0.5) is 0 Å². The first-order valence-electron chi connectivity index (χ1n) is 7.79. The molecule has 3 heteroatoms. The zero-order chi connectivity index (χ0) is 16.0. The Morgan fingerprint density at radius 2 is 1.76 bits per heavy atom. The van der Waals surface area contributed by atoms with Gasteiger partial charge in [0.2, 0.25) is 5.91 Å². The summed E-state index contributed by atoms with van der Waals surface area (Å²) in [6, 6.07) is 10.1. The molecule has 3 nitrogen and oxygen atoms in total. The number of hydrogen-bond acceptors (Lipinski definition) is 2. The maximum absolute atomic E-state index is 12.2. The van der Waals surface area contributed by atoms with Crippen LogP contribution in [0.1, 0.15) is 59.1 Å². The normalized spacial score (nSPS) is 14.8. The lowest BCUT2D eigenvalue weighted by atomic mass is 9.85. The molecule has 2 atom stereocenters. The predicted molar refractivity (Wildman–Crippen MR) is 88.8 cm³/mol. The largest absolute Gasteiger partial charge is 0.349 e. The van der Waals surface area contributed by atoms with Gasteiger partial charge in [0.05, 0.1) is 6.04 Å². The van der Waals surface area contributed by atoms with E-state index in [4.69, 9.17) is 5.73 Å². The van der Waals surface area contributed by atoms with Gasteiger partial charge in [0, 0.05) is 12.5 Å². The molecule has 0 heterocycles. The number of carbonyl (C=O) groups excluding carboxylic acids is 1. The highest BCUT2D eigenvalue weighted by Gasteiger charge is 2.23. The van der Waals surface area contributed by atoms with E-state index in [2.05, 4.69) is 38.2 Å². The number of nitrogens with one attached hydrogen (secondary N) is 1. The van der Waals surface area contributed by atoms with Crippen LogP contribution in [-0.2, 0) is 4.79 Å². The van der Waals surface area contributed by atoms with Crippen LogP contribution in [0, 0.1) is 11.3 Å². The minimum atomic E-state index is -0.0870. The van der Waals surface area contributed by atoms with Gasteiger partial charge >= 0.3 is 0 Å². The average molecular weight is 290 g/mol. The molecule has 1 amide bonds. The van der Waals surface area contributed by atoms with Gasteiger partial charge in [-0.05, 0) is 23.3 Å². The SMILES string of the molecule is CC(C)C(N)CC(=O)NC(CC(C)(C)C)c1ccccc1. The highest BCUT2D eigenvalue weighted by atomic mass is 16.1. The molecule has 0 fully saturated rings. The molecular weight excluding hydrogens is 260 g/mol. The van der Waals surface area contributed by atoms with E-state index < -0.39 is 0 Å². The van der Waals surface area contributed by atoms with E-state index in [1.807, 2.05) is 32.0 Å². The number of benzene rings is 1. The summed E-state index contributed by atoms with van der Waals surface area (Å²) in [6.07, 6.45) is 1.28. The van der Waals surface area contributed by atoms with Crippen LogP contribution in [0.15, 0.2) is 30.3 Å². The Kier molecular flexibility index (Phi) is 6.41. The van der Waals surface area contributed by atoms with Crippen LogP contribution in [0.25, 0.3) is 0 Å². The van der Waals surface area contributed by atoms with Gasteiger partial charge < -0.3 is 11.1 Å². The second-order valence-electron chi connectivity index (χ2n) is 7.41. The van der Waals surface area contributed by atoms with Gasteiger partial charge in [-0.15, -0.1) is 0 Å². The zero-order valence-electron chi connectivity index (χ0n) is 14.0. The average Bonchev–Trinajstić information content (AvgIpc) is 2.37. The van der Waals surface area contributed by atoms with Crippen LogP contribution >= 0.6 is 0 Å². The van der Waals surface area contributed by atoms with E-state index in [1.54, 1.807) is 0 Å². The molecule has 1 rings (SSSR count). The van der Waals surface area contributed by atoms with Crippen molar-refractivity contribution in [3.8, 4) is 0 Å². The summed E-state index contributed by atoms with van der Waals surface area (Å²) in [5, 5.41) is 3.16. The summed E-state index contributed by atoms with van der Waals surface area (Å²) in [4.78, 5) is 12.2. The minimum absolute atomic E-state index is 0.0364. The van der Waals surface area contributed by atoms with Gasteiger partial charge in [0.25, 0.3) is 0 Å². The highest BCUT2D eigenvalue weighted by Crippen LogP contribution is 2.29. The fourth-order valence-electron chi connectivity index (χ4n) is 2.25. The van der Waals surface area contributed by atoms with Gasteiger partial charge in [0.1, 0.15) is 0 Å². The Bertz CT molecular complexity index is 434. The lowest BCUT2D eigenvalue weighted by Gasteiger charge is -2.28. The van der Waals surface area contributed by atoms with Crippen molar-refractivity contribution in [3.05, 3.63) is 35.9 Å². The van der Waals surface area contributed by atoms with Crippen LogP contribution in [-0.4, -0.2) is 11.9 Å². The molecule has 0 radical (unpaired) electrons. The van der Waals surface area contributed by atoms with Crippen LogP contribution in [0.5, 0.6) is 0 Å². The molecule has 0 aliphatic heterocycles. The van der Waals surface area contributed by atoms with Crippen molar-refractivity contribution in [2.45, 2.75) is 59.5 Å². The zero-order valence-corrected chi connectivity index (χ0v) is 14.0. The Morgan fingerprint density at radius 1 is 1.19 bits per heavy atom. The molecule has 0 saturated heterocycles. The standard InChI is InChI=1S/C18H30N2O/c1-13(2)15(19)11-17(21)20-16(12-18(3,4)5)14-9-7-6-8-10-14/h6-10,13,15-16H,11-12,19H2,1-5H3,(H,20,21). The fraction of sp³-hybridized carbons (Fsp3) is 0.611. The maximum atomic E-state index is 12.2. The van der Waals surface area contributed by atoms with Gasteiger partial charge in [-0.3, -0.25) is 4.79 Å². The Balaban J connectivity index is 2.76. The first-order chi connectivity index (χ1) is 9.69. The molecule has 0 aliphatic rings. The third-order valence-electron chi connectivity index (χ3n) is 3.63. The van der Waals surface area contributed by atoms with Crippen molar-refractivity contribution in [2.75, 3.05) is 0 Å². The molecule has 118 valence electrons. The summed E-state index contributed by atoms with van der Waals surface area (Å²) in [5.74, 6) is 0.350. The van der Waals surface area contributed by atoms with Crippen molar-refractivity contribution in [3.63, 3.8) is 0 Å². The van der Waals surface area contributed by atoms with Gasteiger partial charge in [-0.1, -0.05) is 65.0 Å². The van der Waals surface area contributed by atoms with E-state index >= 15 is 0 Å². The number of rotatable bonds is 6. The monoisotopic (exact) mass is 290 g/mol. The van der Waals surface area contributed by atoms with Gasteiger partial charge in [-0.25, -0.2) is 0 Å². The van der Waals surface area contributed by atoms with E-state index in [1.165, 1.54) is 0 Å². The minimum Gasteiger partial charge on any atom is -0.349 e. The van der Waals surface area contributed by atoms with Crippen LogP contribution in [0.2, 0.25) is 0 Å². The highest BCUT2D eigenvalue weighted by molar-refractivity contribution is 5.77. The second-order valence-corrected chi connectivity index (χ2v) is 7.41. The van der Waals surface area contributed by atoms with Crippen molar-refractivity contribution in [1.82, 2.24) is 5.32 Å². The number of amides is 1. The number of carbonyl (C=O) groups is 1. The summed E-state index contributed by atoms with van der Waals surface area (Å²) >= 11 is 0. The predicted octanol–water partition coefficient (Wildman–Crippen LogP) is 3.65. The van der Waals surface area contributed by atoms with Crippen molar-refractivity contribution in [2.24, 2.45) is 17.1 Å². The van der Waals surface area contributed by atoms with Crippen molar-refractivity contribution < 1.29 is 4.79 Å². The number of hydrogen-bond donors (Lipinski definition) is 2. The van der Waals surface area contributed by atoms with E-state index in [9.17, 15) is 4.79 Å². The molecule has 3 N–H and O–H groups in total. The van der Waals surface area contributed by atoms with Crippen LogP contribution < -0.4 is 11.1 Å². The summed E-state index contributed by atoms with van der Waals surface area (Å²) in [6.45, 7) is 10.7. The third-order valence-corrected chi connectivity index (χ3v) is 3.63. The van der Waals surface area contributed by atoms with Crippen molar-refractivity contribution in [1.29, 1.82) is 0 Å². The first kappa shape index (κ1) is 17.7. The molecule has 0 spiro atoms. The summed E-state index contributed by atoms with van der Waals surface area (Å²) < 4.78 is 0. The Hall–Kier alpha value is -1.35. The Morgan fingerprint density at radius 3 is 2.24 bits per heavy atom. The molecule has 0 aliphatic carbocycles. The second kappa shape index (κ2) is 7.60. The molecular formula is C18H30N2O. The molecule has 0 bridgehead atoms. The third kappa shape index (κ3) is 6.76. The molecule has 1 aromatic rings. The topological polar surface area (TPSA) is 55.1 Å². The molecule has 0 saturated carbocycles. The fourth-order valence-corrected chi connectivity index (χ4v) is 2.25. The van der Waals surface area contributed by atoms with Crippen LogP contribution in [0.3, 0.4) is 0 Å². The quantitative estimate of drug-likeness (QED) is 0.840. The van der Waals surface area contributed by atoms with E-state index in [-0.39, 0.29) is 23.4 Å². The molecule has 1 aromatic carbocycles. The molecule has 21 heavy (non-hydrogen) atoms. The van der Waals surface area contributed by atoms with Gasteiger partial charge in [0.15, 0.2) is 0 Å². The van der Waals surface area contributed by atoms with Gasteiger partial charge in [-0.2, -0.15) is 0 Å². The van der Waals surface area contributed by atoms with E-state index in [0.29, 0.717) is 12.3 Å². The Labute approximate surface area is 129 Å². The smallest absolute Gasteiger partial charge is 0.222 e. The van der Waals surface area contributed by atoms with E-state index in [0.717, 1.165) is 12.0 Å². The molecule has 2 unspecified atom stereocenters. The first-order valence-corrected chi connectivity index (χ1v) is 7.79. The molecule has 0 aromatic heterocycles. The number of nitrogens with two attached hydrogens (primary N) is 1. The lowest BCUT2D eigenvalue weighted by Crippen LogP contribution is -2.37. The summed E-state index contributed by atoms with van der Waals surface area (Å²) in [5.41, 5.74) is 7.30. The van der Waals surface area contributed by atoms with Crippen molar-refractivity contribution >= 4 is 5.91 Å².